The van der Waals surface area contributed by atoms with Crippen LogP contribution >= 0.6 is 0 Å². The molecule has 152 valence electrons. The number of alkyl halides is 3. The summed E-state index contributed by atoms with van der Waals surface area (Å²) in [4.78, 5) is 4.13. The average molecular weight is 395 g/mol. The highest BCUT2D eigenvalue weighted by atomic mass is 19.4. The van der Waals surface area contributed by atoms with Crippen LogP contribution in [0.2, 0.25) is 0 Å². The molecule has 0 saturated carbocycles. The van der Waals surface area contributed by atoms with E-state index in [1.807, 2.05) is 30.3 Å². The fraction of sp³-hybridized carbons (Fsp3) is 0.350. The van der Waals surface area contributed by atoms with Crippen LogP contribution in [0, 0.1) is 0 Å². The topological polar surface area (TPSA) is 65.9 Å². The molecule has 8 heteroatoms. The molecule has 0 saturated heterocycles. The number of benzene rings is 2. The zero-order valence-electron chi connectivity index (χ0n) is 15.5. The predicted octanol–water partition coefficient (Wildman–Crippen LogP) is 3.07. The van der Waals surface area contributed by atoms with Gasteiger partial charge in [0.1, 0.15) is 5.75 Å². The quantitative estimate of drug-likeness (QED) is 0.475. The van der Waals surface area contributed by atoms with E-state index in [4.69, 9.17) is 4.74 Å². The van der Waals surface area contributed by atoms with Gasteiger partial charge in [0.15, 0.2) is 12.6 Å². The standard InChI is InChI=1S/C20H24F3N3O2/c1-24-19(26-12-17(13-27)16-7-3-2-4-8-16)25-11-15-6-5-9-18(10-15)28-14-20(21,22)23/h2-10,17,27H,11-14H2,1H3,(H2,24,25,26). The smallest absolute Gasteiger partial charge is 0.422 e. The molecule has 0 aliphatic carbocycles. The molecule has 1 atom stereocenters. The number of halogens is 3. The van der Waals surface area contributed by atoms with Crippen molar-refractivity contribution < 1.29 is 23.0 Å². The van der Waals surface area contributed by atoms with E-state index in [0.29, 0.717) is 19.0 Å². The van der Waals surface area contributed by atoms with Gasteiger partial charge < -0.3 is 20.5 Å². The van der Waals surface area contributed by atoms with Crippen LogP contribution in [0.5, 0.6) is 5.75 Å². The Morgan fingerprint density at radius 2 is 1.86 bits per heavy atom. The number of aliphatic hydroxyl groups is 1. The van der Waals surface area contributed by atoms with Crippen LogP contribution in [-0.2, 0) is 6.54 Å². The third-order valence-electron chi connectivity index (χ3n) is 3.99. The van der Waals surface area contributed by atoms with Crippen molar-refractivity contribution in [2.75, 3.05) is 26.8 Å². The fourth-order valence-electron chi connectivity index (χ4n) is 2.55. The van der Waals surface area contributed by atoms with E-state index in [2.05, 4.69) is 15.6 Å². The summed E-state index contributed by atoms with van der Waals surface area (Å²) in [5.41, 5.74) is 1.77. The van der Waals surface area contributed by atoms with Crippen LogP contribution in [0.4, 0.5) is 13.2 Å². The van der Waals surface area contributed by atoms with E-state index in [1.54, 1.807) is 25.2 Å². The van der Waals surface area contributed by atoms with Crippen LogP contribution in [0.3, 0.4) is 0 Å². The zero-order valence-corrected chi connectivity index (χ0v) is 15.5. The molecule has 0 amide bonds. The molecule has 0 aliphatic heterocycles. The molecule has 3 N–H and O–H groups in total. The second-order valence-electron chi connectivity index (χ2n) is 6.15. The lowest BCUT2D eigenvalue weighted by Crippen LogP contribution is -2.39. The molecule has 2 aromatic carbocycles. The maximum absolute atomic E-state index is 12.3. The maximum atomic E-state index is 12.3. The second-order valence-corrected chi connectivity index (χ2v) is 6.15. The summed E-state index contributed by atoms with van der Waals surface area (Å²) in [5.74, 6) is 0.596. The van der Waals surface area contributed by atoms with E-state index in [-0.39, 0.29) is 18.3 Å². The molecule has 0 fully saturated rings. The van der Waals surface area contributed by atoms with Crippen molar-refractivity contribution in [2.45, 2.75) is 18.6 Å². The molecular weight excluding hydrogens is 371 g/mol. The number of ether oxygens (including phenoxy) is 1. The number of aliphatic imine (C=N–C) groups is 1. The van der Waals surface area contributed by atoms with E-state index in [1.165, 1.54) is 6.07 Å². The van der Waals surface area contributed by atoms with Gasteiger partial charge in [-0.05, 0) is 23.3 Å². The minimum atomic E-state index is -4.37. The van der Waals surface area contributed by atoms with Crippen molar-refractivity contribution in [3.05, 3.63) is 65.7 Å². The number of nitrogens with one attached hydrogen (secondary N) is 2. The molecule has 0 spiro atoms. The molecule has 2 aromatic rings. The number of hydrogen-bond acceptors (Lipinski definition) is 3. The lowest BCUT2D eigenvalue weighted by Gasteiger charge is -2.18. The van der Waals surface area contributed by atoms with Crippen LogP contribution in [0.15, 0.2) is 59.6 Å². The third kappa shape index (κ3) is 7.48. The lowest BCUT2D eigenvalue weighted by atomic mass is 10.0. The molecular formula is C20H24F3N3O2. The van der Waals surface area contributed by atoms with Crippen molar-refractivity contribution in [1.82, 2.24) is 10.6 Å². The number of aliphatic hydroxyl groups excluding tert-OH is 1. The summed E-state index contributed by atoms with van der Waals surface area (Å²) < 4.78 is 41.6. The number of hydrogen-bond donors (Lipinski definition) is 3. The van der Waals surface area contributed by atoms with Gasteiger partial charge in [0, 0.05) is 26.1 Å². The summed E-state index contributed by atoms with van der Waals surface area (Å²) in [6, 6.07) is 16.1. The monoisotopic (exact) mass is 395 g/mol. The van der Waals surface area contributed by atoms with Crippen LogP contribution in [0.25, 0.3) is 0 Å². The molecule has 0 aliphatic rings. The average Bonchev–Trinajstić information content (AvgIpc) is 2.70. The minimum absolute atomic E-state index is 0.00734. The van der Waals surface area contributed by atoms with E-state index in [0.717, 1.165) is 11.1 Å². The van der Waals surface area contributed by atoms with Crippen molar-refractivity contribution in [2.24, 2.45) is 4.99 Å². The predicted molar refractivity (Wildman–Crippen MR) is 102 cm³/mol. The van der Waals surface area contributed by atoms with Crippen LogP contribution in [-0.4, -0.2) is 44.0 Å². The first-order valence-corrected chi connectivity index (χ1v) is 8.80. The lowest BCUT2D eigenvalue weighted by molar-refractivity contribution is -0.153. The highest BCUT2D eigenvalue weighted by Gasteiger charge is 2.28. The molecule has 1 unspecified atom stereocenters. The number of nitrogens with zero attached hydrogens (tertiary/aromatic N) is 1. The third-order valence-corrected chi connectivity index (χ3v) is 3.99. The first kappa shape index (κ1) is 21.6. The van der Waals surface area contributed by atoms with E-state index >= 15 is 0 Å². The summed E-state index contributed by atoms with van der Waals surface area (Å²) >= 11 is 0. The molecule has 5 nitrogen and oxygen atoms in total. The molecule has 28 heavy (non-hydrogen) atoms. The Hall–Kier alpha value is -2.74. The largest absolute Gasteiger partial charge is 0.484 e. The van der Waals surface area contributed by atoms with E-state index in [9.17, 15) is 18.3 Å². The van der Waals surface area contributed by atoms with Crippen molar-refractivity contribution in [3.63, 3.8) is 0 Å². The first-order chi connectivity index (χ1) is 13.4. The Kier molecular flexibility index (Phi) is 8.13. The van der Waals surface area contributed by atoms with Crippen molar-refractivity contribution in [1.29, 1.82) is 0 Å². The SMILES string of the molecule is CN=C(NCc1cccc(OCC(F)(F)F)c1)NCC(CO)c1ccccc1. The second kappa shape index (κ2) is 10.6. The van der Waals surface area contributed by atoms with Crippen LogP contribution in [0.1, 0.15) is 17.0 Å². The highest BCUT2D eigenvalue weighted by molar-refractivity contribution is 5.79. The first-order valence-electron chi connectivity index (χ1n) is 8.80. The van der Waals surface area contributed by atoms with Gasteiger partial charge in [-0.3, -0.25) is 4.99 Å². The molecule has 0 bridgehead atoms. The van der Waals surface area contributed by atoms with Gasteiger partial charge in [-0.15, -0.1) is 0 Å². The minimum Gasteiger partial charge on any atom is -0.484 e. The van der Waals surface area contributed by atoms with Gasteiger partial charge in [-0.1, -0.05) is 42.5 Å². The summed E-state index contributed by atoms with van der Waals surface area (Å²) in [7, 11) is 1.62. The zero-order chi connectivity index (χ0) is 20.4. The number of rotatable bonds is 8. The van der Waals surface area contributed by atoms with Crippen molar-refractivity contribution in [3.8, 4) is 5.75 Å². The molecule has 0 heterocycles. The molecule has 0 radical (unpaired) electrons. The Morgan fingerprint density at radius 3 is 2.50 bits per heavy atom. The summed E-state index contributed by atoms with van der Waals surface area (Å²) in [6.07, 6.45) is -4.37. The van der Waals surface area contributed by atoms with Gasteiger partial charge in [0.2, 0.25) is 0 Å². The summed E-state index contributed by atoms with van der Waals surface area (Å²) in [5, 5.41) is 15.9. The van der Waals surface area contributed by atoms with E-state index < -0.39 is 12.8 Å². The van der Waals surface area contributed by atoms with Crippen molar-refractivity contribution >= 4 is 5.96 Å². The van der Waals surface area contributed by atoms with Crippen LogP contribution < -0.4 is 15.4 Å². The van der Waals surface area contributed by atoms with Gasteiger partial charge in [0.05, 0.1) is 6.61 Å². The van der Waals surface area contributed by atoms with Gasteiger partial charge in [0.25, 0.3) is 0 Å². The fourth-order valence-corrected chi connectivity index (χ4v) is 2.55. The summed E-state index contributed by atoms with van der Waals surface area (Å²) in [6.45, 7) is -0.491. The van der Waals surface area contributed by atoms with Gasteiger partial charge >= 0.3 is 6.18 Å². The Labute approximate surface area is 162 Å². The molecule has 0 aromatic heterocycles. The van der Waals surface area contributed by atoms with Gasteiger partial charge in [-0.2, -0.15) is 13.2 Å². The Morgan fingerprint density at radius 1 is 1.11 bits per heavy atom. The molecule has 2 rings (SSSR count). The van der Waals surface area contributed by atoms with Gasteiger partial charge in [-0.25, -0.2) is 0 Å². The Balaban J connectivity index is 1.86. The highest BCUT2D eigenvalue weighted by Crippen LogP contribution is 2.19. The normalized spacial score (nSPS) is 13.1. The number of guanidine groups is 1. The maximum Gasteiger partial charge on any atom is 0.422 e. The Bertz CT molecular complexity index is 752.